The molecule has 2 amide bonds. The number of nitrogens with one attached hydrogen (secondary N) is 2. The molecule has 2 N–H and O–H groups in total. The molecule has 0 unspecified atom stereocenters. The zero-order valence-electron chi connectivity index (χ0n) is 23.5. The third-order valence-corrected chi connectivity index (χ3v) is 7.87. The number of fused-ring (bicyclic) bond motifs is 1. The molecule has 7 nitrogen and oxygen atoms in total. The van der Waals surface area contributed by atoms with Crippen molar-refractivity contribution in [2.75, 3.05) is 17.2 Å². The SMILES string of the molecule is C[Si](C)(C)CCOCn1cc(C(F)(F)F)c2c(Oc3c(F)cc(NC(=O)Nc4cccc(C(F)(F)F)c4)cc3F)ccnc21. The lowest BCUT2D eigenvalue weighted by Gasteiger charge is -2.15. The molecule has 2 heterocycles. The predicted octanol–water partition coefficient (Wildman–Crippen LogP) is 9.10. The number of carbonyl (C=O) groups excluding carboxylic acids is 1. The van der Waals surface area contributed by atoms with Crippen molar-refractivity contribution in [3.63, 3.8) is 0 Å². The van der Waals surface area contributed by atoms with Gasteiger partial charge in [-0.05, 0) is 30.3 Å². The van der Waals surface area contributed by atoms with E-state index in [1.165, 1.54) is 6.07 Å². The van der Waals surface area contributed by atoms with Gasteiger partial charge >= 0.3 is 18.4 Å². The van der Waals surface area contributed by atoms with Crippen molar-refractivity contribution in [2.24, 2.45) is 0 Å². The Labute approximate surface area is 246 Å². The Bertz CT molecular complexity index is 1640. The van der Waals surface area contributed by atoms with Crippen LogP contribution in [0, 0.1) is 11.6 Å². The summed E-state index contributed by atoms with van der Waals surface area (Å²) < 4.78 is 123. The minimum Gasteiger partial charge on any atom is -0.450 e. The number of carbonyl (C=O) groups is 1. The summed E-state index contributed by atoms with van der Waals surface area (Å²) in [4.78, 5) is 16.3. The number of halogens is 8. The molecular weight excluding hydrogens is 620 g/mol. The molecule has 2 aromatic heterocycles. The zero-order valence-corrected chi connectivity index (χ0v) is 24.5. The summed E-state index contributed by atoms with van der Waals surface area (Å²) in [5, 5.41) is 3.64. The molecule has 0 saturated carbocycles. The number of amides is 2. The van der Waals surface area contributed by atoms with E-state index in [1.54, 1.807) is 0 Å². The second-order valence-electron chi connectivity index (χ2n) is 10.9. The van der Waals surface area contributed by atoms with E-state index in [1.807, 2.05) is 0 Å². The lowest BCUT2D eigenvalue weighted by Crippen LogP contribution is -2.22. The van der Waals surface area contributed by atoms with E-state index < -0.39 is 71.8 Å². The van der Waals surface area contributed by atoms with Crippen molar-refractivity contribution in [2.45, 2.75) is 44.8 Å². The third kappa shape index (κ3) is 8.05. The molecule has 0 bridgehead atoms. The van der Waals surface area contributed by atoms with E-state index in [0.29, 0.717) is 24.8 Å². The van der Waals surface area contributed by atoms with Crippen LogP contribution in [-0.4, -0.2) is 30.3 Å². The summed E-state index contributed by atoms with van der Waals surface area (Å²) in [7, 11) is -1.46. The standard InChI is InChI=1S/C28H26F8N4O3Si/c1-44(2,3)10-9-42-15-40-14-19(28(34,35)36)23-22(7-8-37-25(23)40)43-24-20(29)12-18(13-21(24)30)39-26(41)38-17-6-4-5-16(11-17)27(31,32)33/h4-8,11-14H,9-10,15H2,1-3H3,(H2,38,39,41). The minimum atomic E-state index is -4.87. The van der Waals surface area contributed by atoms with Crippen LogP contribution >= 0.6 is 0 Å². The van der Waals surface area contributed by atoms with E-state index in [4.69, 9.17) is 9.47 Å². The first-order valence-corrected chi connectivity index (χ1v) is 16.7. The number of rotatable bonds is 9. The molecule has 0 aliphatic carbocycles. The lowest BCUT2D eigenvalue weighted by atomic mass is 10.2. The molecular formula is C28H26F8N4O3Si. The molecule has 0 spiro atoms. The Hall–Kier alpha value is -4.18. The number of pyridine rings is 1. The Balaban J connectivity index is 1.56. The number of ether oxygens (including phenoxy) is 2. The van der Waals surface area contributed by atoms with Crippen LogP contribution < -0.4 is 15.4 Å². The van der Waals surface area contributed by atoms with E-state index in [2.05, 4.69) is 35.3 Å². The Morgan fingerprint density at radius 2 is 1.59 bits per heavy atom. The van der Waals surface area contributed by atoms with Crippen LogP contribution in [0.3, 0.4) is 0 Å². The molecule has 4 rings (SSSR count). The van der Waals surface area contributed by atoms with Gasteiger partial charge in [-0.15, -0.1) is 0 Å². The molecule has 0 atom stereocenters. The van der Waals surface area contributed by atoms with Gasteiger partial charge in [-0.2, -0.15) is 26.3 Å². The summed E-state index contributed by atoms with van der Waals surface area (Å²) >= 11 is 0. The molecule has 0 radical (unpaired) electrons. The van der Waals surface area contributed by atoms with Gasteiger partial charge in [0.1, 0.15) is 18.1 Å². The number of nitrogens with zero attached hydrogens (tertiary/aromatic N) is 2. The summed E-state index contributed by atoms with van der Waals surface area (Å²) in [6, 6.07) is 5.61. The molecule has 0 saturated heterocycles. The highest BCUT2D eigenvalue weighted by Crippen LogP contribution is 2.42. The van der Waals surface area contributed by atoms with Gasteiger partial charge in [0, 0.05) is 50.6 Å². The second kappa shape index (κ2) is 12.4. The molecule has 4 aromatic rings. The van der Waals surface area contributed by atoms with Gasteiger partial charge in [-0.1, -0.05) is 25.7 Å². The van der Waals surface area contributed by atoms with Crippen LogP contribution in [0.15, 0.2) is 54.9 Å². The first-order valence-electron chi connectivity index (χ1n) is 13.0. The van der Waals surface area contributed by atoms with Crippen molar-refractivity contribution >= 4 is 36.5 Å². The minimum absolute atomic E-state index is 0.187. The quantitative estimate of drug-likeness (QED) is 0.108. The number of benzene rings is 2. The average molecular weight is 647 g/mol. The lowest BCUT2D eigenvalue weighted by molar-refractivity contribution is -0.138. The van der Waals surface area contributed by atoms with Gasteiger partial charge in [-0.3, -0.25) is 0 Å². The van der Waals surface area contributed by atoms with Crippen LogP contribution in [0.25, 0.3) is 11.0 Å². The number of alkyl halides is 6. The Kier molecular flexibility index (Phi) is 9.25. The fourth-order valence-corrected chi connectivity index (χ4v) is 4.79. The molecule has 236 valence electrons. The molecule has 16 heteroatoms. The third-order valence-electron chi connectivity index (χ3n) is 6.17. The number of hydrogen-bond acceptors (Lipinski definition) is 4. The maximum atomic E-state index is 15.0. The highest BCUT2D eigenvalue weighted by Gasteiger charge is 2.37. The van der Waals surface area contributed by atoms with Crippen LogP contribution in [0.1, 0.15) is 11.1 Å². The molecule has 0 fully saturated rings. The predicted molar refractivity (Wildman–Crippen MR) is 149 cm³/mol. The highest BCUT2D eigenvalue weighted by atomic mass is 28.3. The molecule has 0 aliphatic heterocycles. The monoisotopic (exact) mass is 646 g/mol. The Morgan fingerprint density at radius 1 is 0.932 bits per heavy atom. The van der Waals surface area contributed by atoms with Gasteiger partial charge in [0.15, 0.2) is 17.4 Å². The number of aromatic nitrogens is 2. The van der Waals surface area contributed by atoms with Crippen LogP contribution in [0.4, 0.5) is 51.3 Å². The molecule has 2 aromatic carbocycles. The van der Waals surface area contributed by atoms with Gasteiger partial charge in [0.25, 0.3) is 0 Å². The van der Waals surface area contributed by atoms with Crippen molar-refractivity contribution in [3.8, 4) is 11.5 Å². The van der Waals surface area contributed by atoms with Gasteiger partial charge in [-0.25, -0.2) is 18.6 Å². The van der Waals surface area contributed by atoms with Gasteiger partial charge in [0.2, 0.25) is 0 Å². The summed E-state index contributed by atoms with van der Waals surface area (Å²) in [6.07, 6.45) is -7.65. The van der Waals surface area contributed by atoms with E-state index in [0.717, 1.165) is 41.2 Å². The van der Waals surface area contributed by atoms with Gasteiger partial charge < -0.3 is 24.7 Å². The van der Waals surface area contributed by atoms with Crippen LogP contribution in [0.2, 0.25) is 25.7 Å². The van der Waals surface area contributed by atoms with Crippen molar-refractivity contribution in [1.82, 2.24) is 9.55 Å². The van der Waals surface area contributed by atoms with Crippen molar-refractivity contribution in [1.29, 1.82) is 0 Å². The Morgan fingerprint density at radius 3 is 2.20 bits per heavy atom. The normalized spacial score (nSPS) is 12.4. The summed E-state index contributed by atoms with van der Waals surface area (Å²) in [6.45, 7) is 6.42. The number of urea groups is 1. The number of anilines is 2. The van der Waals surface area contributed by atoms with Gasteiger partial charge in [0.05, 0.1) is 16.5 Å². The zero-order chi connectivity index (χ0) is 32.4. The molecule has 0 aliphatic rings. The average Bonchev–Trinajstić information content (AvgIpc) is 3.28. The largest absolute Gasteiger partial charge is 0.450 e. The second-order valence-corrected chi connectivity index (χ2v) is 16.5. The van der Waals surface area contributed by atoms with E-state index in [9.17, 15) is 39.9 Å². The molecule has 44 heavy (non-hydrogen) atoms. The first-order chi connectivity index (χ1) is 20.4. The highest BCUT2D eigenvalue weighted by molar-refractivity contribution is 6.76. The smallest absolute Gasteiger partial charge is 0.418 e. The summed E-state index contributed by atoms with van der Waals surface area (Å²) in [5.74, 6) is -4.36. The summed E-state index contributed by atoms with van der Waals surface area (Å²) in [5.41, 5.74) is -3.07. The maximum absolute atomic E-state index is 15.0. The van der Waals surface area contributed by atoms with E-state index >= 15 is 0 Å². The van der Waals surface area contributed by atoms with Crippen molar-refractivity contribution in [3.05, 3.63) is 77.6 Å². The maximum Gasteiger partial charge on any atom is 0.418 e. The van der Waals surface area contributed by atoms with E-state index in [-0.39, 0.29) is 18.1 Å². The number of hydrogen-bond donors (Lipinski definition) is 2. The first kappa shape index (κ1) is 32.7. The topological polar surface area (TPSA) is 77.4 Å². The fraction of sp³-hybridized carbons (Fsp3) is 0.286. The van der Waals surface area contributed by atoms with Crippen LogP contribution in [-0.2, 0) is 23.8 Å². The van der Waals surface area contributed by atoms with Crippen LogP contribution in [0.5, 0.6) is 11.5 Å². The van der Waals surface area contributed by atoms with Crippen molar-refractivity contribution < 1.29 is 49.4 Å². The fourth-order valence-electron chi connectivity index (χ4n) is 4.03.